The lowest BCUT2D eigenvalue weighted by molar-refractivity contribution is 0.370. The Morgan fingerprint density at radius 2 is 2.04 bits per heavy atom. The quantitative estimate of drug-likeness (QED) is 0.441. The van der Waals surface area contributed by atoms with Gasteiger partial charge in [0.25, 0.3) is 0 Å². The first-order chi connectivity index (χ1) is 11.8. The molecule has 0 amide bonds. The molecule has 0 atom stereocenters. The second-order valence-electron chi connectivity index (χ2n) is 5.15. The number of terminal acetylenes is 1. The van der Waals surface area contributed by atoms with Crippen LogP contribution >= 0.6 is 0 Å². The summed E-state index contributed by atoms with van der Waals surface area (Å²) in [5.41, 5.74) is 8.07. The van der Waals surface area contributed by atoms with Crippen LogP contribution in [0.2, 0.25) is 0 Å². The molecule has 0 bridgehead atoms. The van der Waals surface area contributed by atoms with Gasteiger partial charge in [-0.3, -0.25) is 9.98 Å². The summed E-state index contributed by atoms with van der Waals surface area (Å²) in [7, 11) is 0. The van der Waals surface area contributed by atoms with Crippen LogP contribution in [-0.2, 0) is 12.8 Å². The van der Waals surface area contributed by atoms with E-state index in [9.17, 15) is 0 Å². The summed E-state index contributed by atoms with van der Waals surface area (Å²) in [6.07, 6.45) is 8.57. The lowest BCUT2D eigenvalue weighted by atomic mass is 10.1. The van der Waals surface area contributed by atoms with Crippen molar-refractivity contribution in [3.8, 4) is 18.1 Å². The van der Waals surface area contributed by atoms with Crippen molar-refractivity contribution in [3.05, 3.63) is 59.9 Å². The fourth-order valence-electron chi connectivity index (χ4n) is 2.11. The smallest absolute Gasteiger partial charge is 0.188 e. The minimum Gasteiger partial charge on any atom is -0.481 e. The van der Waals surface area contributed by atoms with Crippen LogP contribution in [0.25, 0.3) is 0 Å². The van der Waals surface area contributed by atoms with Crippen LogP contribution in [0.15, 0.2) is 53.7 Å². The molecule has 0 radical (unpaired) electrons. The molecule has 0 aliphatic carbocycles. The van der Waals surface area contributed by atoms with Gasteiger partial charge in [-0.05, 0) is 36.2 Å². The Bertz CT molecular complexity index is 675. The summed E-state index contributed by atoms with van der Waals surface area (Å²) < 4.78 is 5.34. The van der Waals surface area contributed by atoms with Crippen molar-refractivity contribution in [2.24, 2.45) is 10.7 Å². The van der Waals surface area contributed by atoms with Crippen molar-refractivity contribution in [3.63, 3.8) is 0 Å². The standard InChI is InChI=1S/C19H22N4O/c1-2-15-24-18-8-6-16(7-9-18)10-13-22-19(20)23-14-11-17-5-3-4-12-21-17/h1,3-9,12H,10-11,13-15H2,(H3,20,22,23). The fourth-order valence-corrected chi connectivity index (χ4v) is 2.11. The van der Waals surface area contributed by atoms with Gasteiger partial charge in [-0.2, -0.15) is 0 Å². The number of guanidine groups is 1. The molecule has 0 saturated heterocycles. The Morgan fingerprint density at radius 3 is 2.75 bits per heavy atom. The van der Waals surface area contributed by atoms with E-state index >= 15 is 0 Å². The van der Waals surface area contributed by atoms with Gasteiger partial charge in [0.05, 0.1) is 0 Å². The summed E-state index contributed by atoms with van der Waals surface area (Å²) in [6, 6.07) is 13.7. The van der Waals surface area contributed by atoms with E-state index in [0.29, 0.717) is 12.5 Å². The van der Waals surface area contributed by atoms with Crippen LogP contribution < -0.4 is 15.8 Å². The van der Waals surface area contributed by atoms with E-state index in [2.05, 4.69) is 21.2 Å². The topological polar surface area (TPSA) is 72.5 Å². The molecule has 0 spiro atoms. The molecule has 124 valence electrons. The molecular weight excluding hydrogens is 300 g/mol. The van der Waals surface area contributed by atoms with Gasteiger partial charge in [-0.15, -0.1) is 6.42 Å². The predicted molar refractivity (Wildman–Crippen MR) is 96.9 cm³/mol. The first-order valence-corrected chi connectivity index (χ1v) is 7.87. The second-order valence-corrected chi connectivity index (χ2v) is 5.15. The van der Waals surface area contributed by atoms with Crippen LogP contribution in [-0.4, -0.2) is 30.6 Å². The maximum Gasteiger partial charge on any atom is 0.188 e. The lowest BCUT2D eigenvalue weighted by Gasteiger charge is -2.07. The van der Waals surface area contributed by atoms with E-state index in [1.807, 2.05) is 42.5 Å². The summed E-state index contributed by atoms with van der Waals surface area (Å²) >= 11 is 0. The number of benzene rings is 1. The Balaban J connectivity index is 1.67. The molecule has 0 aliphatic rings. The number of nitrogens with one attached hydrogen (secondary N) is 1. The summed E-state index contributed by atoms with van der Waals surface area (Å²) in [4.78, 5) is 8.55. The van der Waals surface area contributed by atoms with E-state index in [-0.39, 0.29) is 6.61 Å². The van der Waals surface area contributed by atoms with Crippen LogP contribution in [0.3, 0.4) is 0 Å². The molecule has 24 heavy (non-hydrogen) atoms. The molecule has 1 aromatic heterocycles. The Hall–Kier alpha value is -3.00. The van der Waals surface area contributed by atoms with Gasteiger partial charge in [0.1, 0.15) is 12.4 Å². The highest BCUT2D eigenvalue weighted by Crippen LogP contribution is 2.12. The highest BCUT2D eigenvalue weighted by Gasteiger charge is 1.97. The minimum absolute atomic E-state index is 0.284. The Kier molecular flexibility index (Phi) is 7.16. The Labute approximate surface area is 143 Å². The Morgan fingerprint density at radius 1 is 1.21 bits per heavy atom. The zero-order valence-corrected chi connectivity index (χ0v) is 13.6. The number of hydrogen-bond acceptors (Lipinski definition) is 3. The number of pyridine rings is 1. The zero-order valence-electron chi connectivity index (χ0n) is 13.6. The predicted octanol–water partition coefficient (Wildman–Crippen LogP) is 1.78. The first-order valence-electron chi connectivity index (χ1n) is 7.87. The third-order valence-electron chi connectivity index (χ3n) is 3.34. The molecule has 1 aromatic carbocycles. The highest BCUT2D eigenvalue weighted by molar-refractivity contribution is 5.77. The molecule has 5 nitrogen and oxygen atoms in total. The number of aliphatic imine (C=N–C) groups is 1. The van der Waals surface area contributed by atoms with Crippen molar-refractivity contribution in [1.29, 1.82) is 0 Å². The molecule has 0 aliphatic heterocycles. The van der Waals surface area contributed by atoms with E-state index in [4.69, 9.17) is 16.9 Å². The SMILES string of the molecule is C#CCOc1ccc(CCNC(N)=NCCc2ccccn2)cc1. The van der Waals surface area contributed by atoms with Gasteiger partial charge in [-0.25, -0.2) is 0 Å². The van der Waals surface area contributed by atoms with Crippen molar-refractivity contribution >= 4 is 5.96 Å². The average molecular weight is 322 g/mol. The van der Waals surface area contributed by atoms with Gasteiger partial charge in [0.15, 0.2) is 5.96 Å². The van der Waals surface area contributed by atoms with Gasteiger partial charge < -0.3 is 15.8 Å². The van der Waals surface area contributed by atoms with E-state index < -0.39 is 0 Å². The molecule has 3 N–H and O–H groups in total. The monoisotopic (exact) mass is 322 g/mol. The van der Waals surface area contributed by atoms with Crippen molar-refractivity contribution in [1.82, 2.24) is 10.3 Å². The number of aromatic nitrogens is 1. The van der Waals surface area contributed by atoms with Crippen LogP contribution in [0, 0.1) is 12.3 Å². The van der Waals surface area contributed by atoms with E-state index in [1.54, 1.807) is 6.20 Å². The zero-order chi connectivity index (χ0) is 17.0. The third kappa shape index (κ3) is 6.41. The molecular formula is C19H22N4O. The van der Waals surface area contributed by atoms with Gasteiger partial charge in [0.2, 0.25) is 0 Å². The average Bonchev–Trinajstić information content (AvgIpc) is 2.62. The lowest BCUT2D eigenvalue weighted by Crippen LogP contribution is -2.33. The van der Waals surface area contributed by atoms with Gasteiger partial charge in [-0.1, -0.05) is 24.1 Å². The largest absolute Gasteiger partial charge is 0.481 e. The van der Waals surface area contributed by atoms with Gasteiger partial charge >= 0.3 is 0 Å². The molecule has 0 fully saturated rings. The number of nitrogens with zero attached hydrogens (tertiary/aromatic N) is 2. The summed E-state index contributed by atoms with van der Waals surface area (Å²) in [6.45, 7) is 1.63. The minimum atomic E-state index is 0.284. The number of ether oxygens (including phenoxy) is 1. The molecule has 0 unspecified atom stereocenters. The van der Waals surface area contributed by atoms with Crippen LogP contribution in [0.1, 0.15) is 11.3 Å². The number of rotatable bonds is 8. The van der Waals surface area contributed by atoms with Crippen molar-refractivity contribution in [2.45, 2.75) is 12.8 Å². The van der Waals surface area contributed by atoms with Gasteiger partial charge in [0, 0.05) is 31.4 Å². The second kappa shape index (κ2) is 9.90. The molecule has 1 heterocycles. The molecule has 2 rings (SSSR count). The normalized spacial score (nSPS) is 10.9. The van der Waals surface area contributed by atoms with E-state index in [0.717, 1.165) is 30.8 Å². The maximum absolute atomic E-state index is 5.86. The van der Waals surface area contributed by atoms with Crippen LogP contribution in [0.4, 0.5) is 0 Å². The third-order valence-corrected chi connectivity index (χ3v) is 3.34. The summed E-state index contributed by atoms with van der Waals surface area (Å²) in [5.74, 6) is 3.68. The highest BCUT2D eigenvalue weighted by atomic mass is 16.5. The summed E-state index contributed by atoms with van der Waals surface area (Å²) in [5, 5.41) is 3.12. The maximum atomic E-state index is 5.86. The first kappa shape index (κ1) is 17.4. The number of nitrogens with two attached hydrogens (primary N) is 1. The van der Waals surface area contributed by atoms with Crippen LogP contribution in [0.5, 0.6) is 5.75 Å². The van der Waals surface area contributed by atoms with Crippen molar-refractivity contribution in [2.75, 3.05) is 19.7 Å². The molecule has 5 heteroatoms. The van der Waals surface area contributed by atoms with Crippen molar-refractivity contribution < 1.29 is 4.74 Å². The molecule has 0 saturated carbocycles. The van der Waals surface area contributed by atoms with E-state index in [1.165, 1.54) is 5.56 Å². The molecule has 2 aromatic rings. The number of hydrogen-bond donors (Lipinski definition) is 2. The fraction of sp³-hybridized carbons (Fsp3) is 0.263.